The summed E-state index contributed by atoms with van der Waals surface area (Å²) in [5, 5.41) is 12.1. The topological polar surface area (TPSA) is 52.8 Å². The fraction of sp³-hybridized carbons (Fsp3) is 0.250. The SMILES string of the molecule is COCCCC(=C(c1ccccc1)c1ccccc1)c1nnnn1C. The van der Waals surface area contributed by atoms with Gasteiger partial charge in [0.2, 0.25) is 0 Å². The standard InChI is InChI=1S/C20H22N4O/c1-24-20(21-22-23-24)18(14-9-15-25-2)19(16-10-5-3-6-11-16)17-12-7-4-8-13-17/h3-8,10-13H,9,14-15H2,1-2H3. The summed E-state index contributed by atoms with van der Waals surface area (Å²) in [5.41, 5.74) is 4.60. The van der Waals surface area contributed by atoms with Crippen molar-refractivity contribution in [3.05, 3.63) is 77.6 Å². The summed E-state index contributed by atoms with van der Waals surface area (Å²) in [4.78, 5) is 0. The lowest BCUT2D eigenvalue weighted by Gasteiger charge is -2.16. The van der Waals surface area contributed by atoms with Crippen molar-refractivity contribution < 1.29 is 4.74 Å². The van der Waals surface area contributed by atoms with Gasteiger partial charge in [-0.15, -0.1) is 5.10 Å². The number of methoxy groups -OCH3 is 1. The second kappa shape index (κ2) is 8.35. The Hall–Kier alpha value is -2.79. The lowest BCUT2D eigenvalue weighted by atomic mass is 9.90. The van der Waals surface area contributed by atoms with E-state index in [0.29, 0.717) is 6.61 Å². The molecule has 3 rings (SSSR count). The molecule has 0 aliphatic rings. The maximum Gasteiger partial charge on any atom is 0.178 e. The Kier molecular flexibility index (Phi) is 5.69. The molecule has 5 nitrogen and oxygen atoms in total. The zero-order chi connectivity index (χ0) is 17.5. The Balaban J connectivity index is 2.20. The Labute approximate surface area is 148 Å². The number of hydrogen-bond acceptors (Lipinski definition) is 4. The number of nitrogens with zero attached hydrogens (tertiary/aromatic N) is 4. The van der Waals surface area contributed by atoms with E-state index in [9.17, 15) is 0 Å². The summed E-state index contributed by atoms with van der Waals surface area (Å²) < 4.78 is 6.98. The highest BCUT2D eigenvalue weighted by atomic mass is 16.5. The molecule has 0 radical (unpaired) electrons. The van der Waals surface area contributed by atoms with Gasteiger partial charge in [0, 0.05) is 26.3 Å². The molecular formula is C20H22N4O. The van der Waals surface area contributed by atoms with Crippen LogP contribution in [-0.4, -0.2) is 33.9 Å². The second-order valence-corrected chi connectivity index (χ2v) is 5.81. The molecule has 0 saturated carbocycles. The van der Waals surface area contributed by atoms with E-state index >= 15 is 0 Å². The molecule has 0 aliphatic carbocycles. The van der Waals surface area contributed by atoms with Crippen LogP contribution in [0.5, 0.6) is 0 Å². The van der Waals surface area contributed by atoms with Crippen LogP contribution in [0, 0.1) is 0 Å². The van der Waals surface area contributed by atoms with Crippen LogP contribution in [0.1, 0.15) is 29.8 Å². The van der Waals surface area contributed by atoms with Crippen LogP contribution in [0.4, 0.5) is 0 Å². The van der Waals surface area contributed by atoms with Crippen LogP contribution >= 0.6 is 0 Å². The number of allylic oxidation sites excluding steroid dienone is 1. The average Bonchev–Trinajstić information content (AvgIpc) is 3.08. The third kappa shape index (κ3) is 4.00. The van der Waals surface area contributed by atoms with Crippen molar-refractivity contribution in [3.8, 4) is 0 Å². The molecule has 0 spiro atoms. The van der Waals surface area contributed by atoms with E-state index in [-0.39, 0.29) is 0 Å². The average molecular weight is 334 g/mol. The molecule has 0 aliphatic heterocycles. The molecule has 128 valence electrons. The molecule has 1 heterocycles. The molecule has 0 atom stereocenters. The Bertz CT molecular complexity index is 784. The number of benzene rings is 2. The van der Waals surface area contributed by atoms with Crippen molar-refractivity contribution in [1.29, 1.82) is 0 Å². The first kappa shape index (κ1) is 17.0. The van der Waals surface area contributed by atoms with E-state index in [4.69, 9.17) is 4.74 Å². The number of aromatic nitrogens is 4. The van der Waals surface area contributed by atoms with E-state index in [2.05, 4.69) is 64.1 Å². The van der Waals surface area contributed by atoms with Gasteiger partial charge in [-0.05, 0) is 40.0 Å². The fourth-order valence-corrected chi connectivity index (χ4v) is 2.95. The molecule has 0 fully saturated rings. The summed E-state index contributed by atoms with van der Waals surface area (Å²) in [6.07, 6.45) is 1.74. The smallest absolute Gasteiger partial charge is 0.178 e. The van der Waals surface area contributed by atoms with E-state index < -0.39 is 0 Å². The number of rotatable bonds is 7. The highest BCUT2D eigenvalue weighted by Gasteiger charge is 2.18. The quantitative estimate of drug-likeness (QED) is 0.620. The Morgan fingerprint density at radius 3 is 2.04 bits per heavy atom. The van der Waals surface area contributed by atoms with Crippen LogP contribution in [0.25, 0.3) is 11.1 Å². The second-order valence-electron chi connectivity index (χ2n) is 5.81. The van der Waals surface area contributed by atoms with Crippen molar-refractivity contribution in [3.63, 3.8) is 0 Å². The summed E-state index contributed by atoms with van der Waals surface area (Å²) in [6.45, 7) is 0.700. The van der Waals surface area contributed by atoms with Gasteiger partial charge >= 0.3 is 0 Å². The van der Waals surface area contributed by atoms with Crippen molar-refractivity contribution >= 4 is 11.1 Å². The first-order valence-corrected chi connectivity index (χ1v) is 8.37. The molecule has 0 amide bonds. The van der Waals surface area contributed by atoms with Gasteiger partial charge in [0.15, 0.2) is 5.82 Å². The van der Waals surface area contributed by atoms with Crippen molar-refractivity contribution in [2.75, 3.05) is 13.7 Å². The maximum atomic E-state index is 5.25. The Morgan fingerprint density at radius 2 is 1.56 bits per heavy atom. The van der Waals surface area contributed by atoms with Crippen molar-refractivity contribution in [2.45, 2.75) is 12.8 Å². The number of aryl methyl sites for hydroxylation is 1. The Morgan fingerprint density at radius 1 is 0.960 bits per heavy atom. The third-order valence-corrected chi connectivity index (χ3v) is 4.09. The first-order valence-electron chi connectivity index (χ1n) is 8.37. The highest BCUT2D eigenvalue weighted by Crippen LogP contribution is 2.33. The normalized spacial score (nSPS) is 10.6. The van der Waals surface area contributed by atoms with Gasteiger partial charge < -0.3 is 4.74 Å². The van der Waals surface area contributed by atoms with Crippen LogP contribution in [0.3, 0.4) is 0 Å². The highest BCUT2D eigenvalue weighted by molar-refractivity contribution is 5.97. The minimum absolute atomic E-state index is 0.700. The van der Waals surface area contributed by atoms with Crippen molar-refractivity contribution in [1.82, 2.24) is 20.2 Å². The summed E-state index contributed by atoms with van der Waals surface area (Å²) in [7, 11) is 3.60. The predicted octanol–water partition coefficient (Wildman–Crippen LogP) is 3.60. The summed E-state index contributed by atoms with van der Waals surface area (Å²) in [5.74, 6) is 0.791. The minimum Gasteiger partial charge on any atom is -0.385 e. The zero-order valence-electron chi connectivity index (χ0n) is 14.6. The number of tetrazole rings is 1. The van der Waals surface area contributed by atoms with Crippen LogP contribution in [0.15, 0.2) is 60.7 Å². The van der Waals surface area contributed by atoms with Gasteiger partial charge in [0.1, 0.15) is 0 Å². The van der Waals surface area contributed by atoms with E-state index in [1.54, 1.807) is 11.8 Å². The zero-order valence-corrected chi connectivity index (χ0v) is 14.6. The van der Waals surface area contributed by atoms with Crippen LogP contribution in [-0.2, 0) is 11.8 Å². The molecular weight excluding hydrogens is 312 g/mol. The summed E-state index contributed by atoms with van der Waals surface area (Å²) in [6, 6.07) is 20.8. The van der Waals surface area contributed by atoms with Gasteiger partial charge in [0.25, 0.3) is 0 Å². The molecule has 3 aromatic rings. The lowest BCUT2D eigenvalue weighted by Crippen LogP contribution is -2.04. The predicted molar refractivity (Wildman–Crippen MR) is 98.7 cm³/mol. The lowest BCUT2D eigenvalue weighted by molar-refractivity contribution is 0.196. The molecule has 2 aromatic carbocycles. The molecule has 0 bridgehead atoms. The monoisotopic (exact) mass is 334 g/mol. The van der Waals surface area contributed by atoms with Crippen LogP contribution in [0.2, 0.25) is 0 Å². The van der Waals surface area contributed by atoms with E-state index in [0.717, 1.165) is 40.9 Å². The van der Waals surface area contributed by atoms with Crippen molar-refractivity contribution in [2.24, 2.45) is 7.05 Å². The largest absolute Gasteiger partial charge is 0.385 e. The molecule has 0 saturated heterocycles. The molecule has 25 heavy (non-hydrogen) atoms. The number of hydrogen-bond donors (Lipinski definition) is 0. The van der Waals surface area contributed by atoms with Gasteiger partial charge in [-0.25, -0.2) is 4.68 Å². The third-order valence-electron chi connectivity index (χ3n) is 4.09. The number of ether oxygens (including phenoxy) is 1. The maximum absolute atomic E-state index is 5.25. The van der Waals surface area contributed by atoms with Gasteiger partial charge in [-0.2, -0.15) is 0 Å². The molecule has 5 heteroatoms. The van der Waals surface area contributed by atoms with Gasteiger partial charge in [-0.3, -0.25) is 0 Å². The minimum atomic E-state index is 0.700. The van der Waals surface area contributed by atoms with Gasteiger partial charge in [-0.1, -0.05) is 60.7 Å². The van der Waals surface area contributed by atoms with Crippen LogP contribution < -0.4 is 0 Å². The summed E-state index contributed by atoms with van der Waals surface area (Å²) >= 11 is 0. The molecule has 0 unspecified atom stereocenters. The fourth-order valence-electron chi connectivity index (χ4n) is 2.95. The molecule has 0 N–H and O–H groups in total. The van der Waals surface area contributed by atoms with E-state index in [1.807, 2.05) is 19.2 Å². The van der Waals surface area contributed by atoms with Gasteiger partial charge in [0.05, 0.1) is 0 Å². The first-order chi connectivity index (χ1) is 12.3. The van der Waals surface area contributed by atoms with E-state index in [1.165, 1.54) is 0 Å². The molecule has 1 aromatic heterocycles.